The van der Waals surface area contributed by atoms with Gasteiger partial charge in [0, 0.05) is 7.05 Å². The summed E-state index contributed by atoms with van der Waals surface area (Å²) in [6.45, 7) is 0.355. The van der Waals surface area contributed by atoms with Crippen molar-refractivity contribution in [2.75, 3.05) is 0 Å². The van der Waals surface area contributed by atoms with Crippen molar-refractivity contribution >= 4 is 22.7 Å². The van der Waals surface area contributed by atoms with E-state index in [1.54, 1.807) is 6.07 Å². The van der Waals surface area contributed by atoms with Gasteiger partial charge >= 0.3 is 0 Å². The maximum Gasteiger partial charge on any atom is 0.258 e. The summed E-state index contributed by atoms with van der Waals surface area (Å²) < 4.78 is 7.91. The molecule has 31 heavy (non-hydrogen) atoms. The molecule has 0 radical (unpaired) electrons. The Kier molecular flexibility index (Phi) is 5.46. The zero-order valence-corrected chi connectivity index (χ0v) is 18.1. The fourth-order valence-electron chi connectivity index (χ4n) is 3.88. The molecule has 0 unspecified atom stereocenters. The Hall–Kier alpha value is -3.13. The number of aromatic nitrogens is 5. The molecule has 1 aliphatic rings. The topological polar surface area (TPSA) is 85.7 Å². The normalized spacial score (nSPS) is 13.3. The number of hydrogen-bond acceptors (Lipinski definition) is 6. The van der Waals surface area contributed by atoms with Crippen molar-refractivity contribution in [3.8, 4) is 5.75 Å². The van der Waals surface area contributed by atoms with Crippen molar-refractivity contribution < 1.29 is 4.74 Å². The monoisotopic (exact) mass is 433 g/mol. The van der Waals surface area contributed by atoms with Gasteiger partial charge < -0.3 is 14.3 Å². The molecule has 0 aliphatic heterocycles. The Morgan fingerprint density at radius 1 is 1.10 bits per heavy atom. The highest BCUT2D eigenvalue weighted by molar-refractivity contribution is 7.98. The predicted molar refractivity (Wildman–Crippen MR) is 120 cm³/mol. The summed E-state index contributed by atoms with van der Waals surface area (Å²) in [6.07, 6.45) is 4.81. The summed E-state index contributed by atoms with van der Waals surface area (Å²) >= 11 is 1.48. The van der Waals surface area contributed by atoms with Crippen LogP contribution in [0.5, 0.6) is 5.75 Å². The van der Waals surface area contributed by atoms with Gasteiger partial charge in [-0.05, 0) is 61.1 Å². The Morgan fingerprint density at radius 3 is 2.84 bits per heavy atom. The van der Waals surface area contributed by atoms with Gasteiger partial charge in [-0.15, -0.1) is 10.2 Å². The highest BCUT2D eigenvalue weighted by Gasteiger charge is 2.13. The molecule has 1 N–H and O–H groups in total. The Bertz CT molecular complexity index is 1300. The van der Waals surface area contributed by atoms with Crippen LogP contribution >= 0.6 is 11.8 Å². The van der Waals surface area contributed by atoms with Crippen LogP contribution in [0.4, 0.5) is 0 Å². The molecule has 0 spiro atoms. The number of aryl methyl sites for hydroxylation is 2. The van der Waals surface area contributed by atoms with Gasteiger partial charge in [0.25, 0.3) is 5.56 Å². The first-order valence-electron chi connectivity index (χ1n) is 10.4. The third-order valence-electron chi connectivity index (χ3n) is 5.61. The molecule has 0 saturated carbocycles. The lowest BCUT2D eigenvalue weighted by Crippen LogP contribution is -2.11. The molecule has 0 saturated heterocycles. The fraction of sp³-hybridized carbons (Fsp3) is 0.304. The first-order chi connectivity index (χ1) is 15.2. The largest absolute Gasteiger partial charge is 0.486 e. The zero-order valence-electron chi connectivity index (χ0n) is 17.3. The van der Waals surface area contributed by atoms with E-state index in [0.29, 0.717) is 29.1 Å². The van der Waals surface area contributed by atoms with Crippen LogP contribution in [-0.4, -0.2) is 24.7 Å². The number of fused-ring (bicyclic) bond motifs is 2. The molecule has 0 atom stereocenters. The van der Waals surface area contributed by atoms with Crippen LogP contribution in [0.25, 0.3) is 10.9 Å². The van der Waals surface area contributed by atoms with E-state index in [-0.39, 0.29) is 5.56 Å². The van der Waals surface area contributed by atoms with E-state index in [0.717, 1.165) is 29.6 Å². The van der Waals surface area contributed by atoms with E-state index in [9.17, 15) is 4.79 Å². The number of nitrogens with one attached hydrogen (secondary N) is 1. The molecule has 2 aromatic carbocycles. The molecule has 2 heterocycles. The van der Waals surface area contributed by atoms with Crippen LogP contribution in [0, 0.1) is 0 Å². The highest BCUT2D eigenvalue weighted by Crippen LogP contribution is 2.26. The SMILES string of the molecule is Cn1c(COc2ccc3c(c2)CCCC3)nnc1SCc1nc2ccccc2c(=O)[nH]1. The number of thioether (sulfide) groups is 1. The van der Waals surface area contributed by atoms with Gasteiger partial charge in [-0.1, -0.05) is 30.0 Å². The quantitative estimate of drug-likeness (QED) is 0.466. The van der Waals surface area contributed by atoms with Gasteiger partial charge in [0.2, 0.25) is 0 Å². The molecule has 8 heteroatoms. The zero-order chi connectivity index (χ0) is 21.2. The van der Waals surface area contributed by atoms with Crippen molar-refractivity contribution in [2.45, 2.75) is 43.2 Å². The lowest BCUT2D eigenvalue weighted by molar-refractivity contribution is 0.290. The number of aromatic amines is 1. The summed E-state index contributed by atoms with van der Waals surface area (Å²) in [7, 11) is 1.92. The fourth-order valence-corrected chi connectivity index (χ4v) is 4.68. The lowest BCUT2D eigenvalue weighted by Gasteiger charge is -2.16. The van der Waals surface area contributed by atoms with E-state index >= 15 is 0 Å². The van der Waals surface area contributed by atoms with E-state index in [1.807, 2.05) is 35.9 Å². The molecule has 7 nitrogen and oxygen atoms in total. The summed E-state index contributed by atoms with van der Waals surface area (Å²) in [6, 6.07) is 13.7. The number of benzene rings is 2. The van der Waals surface area contributed by atoms with Gasteiger partial charge in [-0.25, -0.2) is 4.98 Å². The second-order valence-electron chi connectivity index (χ2n) is 7.70. The molecule has 0 amide bonds. The molecule has 158 valence electrons. The average Bonchev–Trinajstić information content (AvgIpc) is 3.15. The average molecular weight is 434 g/mol. The van der Waals surface area contributed by atoms with Crippen molar-refractivity contribution in [2.24, 2.45) is 7.05 Å². The van der Waals surface area contributed by atoms with Crippen molar-refractivity contribution in [3.63, 3.8) is 0 Å². The van der Waals surface area contributed by atoms with E-state index in [2.05, 4.69) is 32.3 Å². The molecule has 0 fully saturated rings. The van der Waals surface area contributed by atoms with Crippen LogP contribution in [0.1, 0.15) is 35.6 Å². The number of nitrogens with zero attached hydrogens (tertiary/aromatic N) is 4. The molecular formula is C23H23N5O2S. The highest BCUT2D eigenvalue weighted by atomic mass is 32.2. The molecule has 2 aromatic heterocycles. The van der Waals surface area contributed by atoms with Crippen LogP contribution in [0.3, 0.4) is 0 Å². The van der Waals surface area contributed by atoms with E-state index in [1.165, 1.54) is 35.7 Å². The van der Waals surface area contributed by atoms with Gasteiger partial charge in [-0.3, -0.25) is 4.79 Å². The number of ether oxygens (including phenoxy) is 1. The Labute approximate surface area is 183 Å². The minimum Gasteiger partial charge on any atom is -0.486 e. The van der Waals surface area contributed by atoms with Crippen LogP contribution < -0.4 is 10.3 Å². The first-order valence-corrected chi connectivity index (χ1v) is 11.4. The maximum absolute atomic E-state index is 12.2. The van der Waals surface area contributed by atoms with Crippen molar-refractivity contribution in [1.29, 1.82) is 0 Å². The van der Waals surface area contributed by atoms with E-state index < -0.39 is 0 Å². The van der Waals surface area contributed by atoms with Gasteiger partial charge in [-0.2, -0.15) is 0 Å². The third-order valence-corrected chi connectivity index (χ3v) is 6.64. The van der Waals surface area contributed by atoms with Crippen molar-refractivity contribution in [3.05, 3.63) is 75.6 Å². The minimum atomic E-state index is -0.127. The summed E-state index contributed by atoms with van der Waals surface area (Å²) in [5, 5.41) is 9.89. The lowest BCUT2D eigenvalue weighted by atomic mass is 9.92. The summed E-state index contributed by atoms with van der Waals surface area (Å²) in [5.74, 6) is 2.73. The number of H-pyrrole nitrogens is 1. The first kappa shape index (κ1) is 19.8. The standard InChI is InChI=1S/C23H23N5O2S/c1-28-21(13-30-17-11-10-15-6-2-3-7-16(15)12-17)26-27-23(28)31-14-20-24-19-9-5-4-8-18(19)22(29)25-20/h4-5,8-12H,2-3,6-7,13-14H2,1H3,(H,24,25,29). The predicted octanol–water partition coefficient (Wildman–Crippen LogP) is 3.80. The van der Waals surface area contributed by atoms with E-state index in [4.69, 9.17) is 4.74 Å². The number of para-hydroxylation sites is 1. The third kappa shape index (κ3) is 4.20. The van der Waals surface area contributed by atoms with Gasteiger partial charge in [0.1, 0.15) is 18.2 Å². The molecular weight excluding hydrogens is 410 g/mol. The summed E-state index contributed by atoms with van der Waals surface area (Å²) in [5.41, 5.74) is 3.41. The Morgan fingerprint density at radius 2 is 1.94 bits per heavy atom. The molecule has 1 aliphatic carbocycles. The van der Waals surface area contributed by atoms with Crippen molar-refractivity contribution in [1.82, 2.24) is 24.7 Å². The smallest absolute Gasteiger partial charge is 0.258 e. The number of hydrogen-bond donors (Lipinski definition) is 1. The molecule has 5 rings (SSSR count). The second-order valence-corrected chi connectivity index (χ2v) is 8.65. The molecule has 4 aromatic rings. The van der Waals surface area contributed by atoms with Crippen LogP contribution in [-0.2, 0) is 32.2 Å². The maximum atomic E-state index is 12.2. The van der Waals surface area contributed by atoms with Crippen LogP contribution in [0.2, 0.25) is 0 Å². The summed E-state index contributed by atoms with van der Waals surface area (Å²) in [4.78, 5) is 19.6. The van der Waals surface area contributed by atoms with Gasteiger partial charge in [0.05, 0.1) is 16.7 Å². The minimum absolute atomic E-state index is 0.127. The number of rotatable bonds is 6. The molecule has 0 bridgehead atoms. The van der Waals surface area contributed by atoms with Gasteiger partial charge in [0.15, 0.2) is 11.0 Å². The second kappa shape index (κ2) is 8.55. The Balaban J connectivity index is 1.25. The van der Waals surface area contributed by atoms with Crippen LogP contribution in [0.15, 0.2) is 52.4 Å².